The third-order valence-corrected chi connectivity index (χ3v) is 8.19. The maximum absolute atomic E-state index is 15.1. The molecule has 0 aliphatic heterocycles. The predicted molar refractivity (Wildman–Crippen MR) is 160 cm³/mol. The van der Waals surface area contributed by atoms with E-state index in [1.165, 1.54) is 7.11 Å². The minimum absolute atomic E-state index is 0.140. The van der Waals surface area contributed by atoms with Gasteiger partial charge in [0, 0.05) is 30.3 Å². The fourth-order valence-corrected chi connectivity index (χ4v) is 5.78. The number of aryl methyl sites for hydroxylation is 1. The van der Waals surface area contributed by atoms with Crippen LogP contribution in [0.25, 0.3) is 11.1 Å². The highest BCUT2D eigenvalue weighted by atomic mass is 19.1. The van der Waals surface area contributed by atoms with Crippen LogP contribution in [0.4, 0.5) is 4.39 Å². The molecule has 0 unspecified atom stereocenters. The predicted octanol–water partition coefficient (Wildman–Crippen LogP) is 7.26. The van der Waals surface area contributed by atoms with Gasteiger partial charge in [-0.25, -0.2) is 14.2 Å². The number of hydrogen-bond acceptors (Lipinski definition) is 6. The zero-order valence-corrected chi connectivity index (χ0v) is 25.5. The van der Waals surface area contributed by atoms with Gasteiger partial charge in [-0.15, -0.1) is 0 Å². The summed E-state index contributed by atoms with van der Waals surface area (Å²) in [4.78, 5) is 31.6. The van der Waals surface area contributed by atoms with E-state index in [0.717, 1.165) is 30.2 Å². The molecule has 0 amide bonds. The van der Waals surface area contributed by atoms with Gasteiger partial charge in [-0.2, -0.15) is 0 Å². The SMILES string of the molecule is COc1cc(-c2cc(C)c(C(=O)Oc3cccc([C@H](C4CC4)[C@H](C)C(=O)O)c3)cc2CN(C(C)C)C(C)C)c(F)cn1. The summed E-state index contributed by atoms with van der Waals surface area (Å²) >= 11 is 0. The van der Waals surface area contributed by atoms with Gasteiger partial charge in [-0.3, -0.25) is 9.69 Å². The van der Waals surface area contributed by atoms with Gasteiger partial charge in [0.2, 0.25) is 5.88 Å². The Labute approximate surface area is 247 Å². The lowest BCUT2D eigenvalue weighted by molar-refractivity contribution is -0.142. The first-order valence-corrected chi connectivity index (χ1v) is 14.5. The molecule has 4 rings (SSSR count). The number of benzene rings is 2. The van der Waals surface area contributed by atoms with Crippen molar-refractivity contribution in [1.29, 1.82) is 0 Å². The van der Waals surface area contributed by atoms with Crippen LogP contribution in [-0.4, -0.2) is 46.1 Å². The second-order valence-electron chi connectivity index (χ2n) is 11.8. The highest BCUT2D eigenvalue weighted by Gasteiger charge is 2.38. The number of carbonyl (C=O) groups is 2. The molecule has 1 fully saturated rings. The molecule has 0 radical (unpaired) electrons. The molecule has 1 saturated carbocycles. The van der Waals surface area contributed by atoms with E-state index in [2.05, 4.69) is 37.6 Å². The summed E-state index contributed by atoms with van der Waals surface area (Å²) in [6.45, 7) is 12.4. The Morgan fingerprint density at radius 2 is 1.74 bits per heavy atom. The van der Waals surface area contributed by atoms with Gasteiger partial charge in [0.15, 0.2) is 0 Å². The Balaban J connectivity index is 1.72. The molecule has 0 bridgehead atoms. The molecule has 3 aromatic rings. The monoisotopic (exact) mass is 576 g/mol. The van der Waals surface area contributed by atoms with Crippen LogP contribution in [0.15, 0.2) is 48.7 Å². The molecule has 8 heteroatoms. The van der Waals surface area contributed by atoms with Crippen molar-refractivity contribution in [3.05, 3.63) is 76.7 Å². The molecule has 1 aliphatic carbocycles. The Morgan fingerprint density at radius 1 is 1.05 bits per heavy atom. The van der Waals surface area contributed by atoms with E-state index in [0.29, 0.717) is 46.3 Å². The fourth-order valence-electron chi connectivity index (χ4n) is 5.78. The van der Waals surface area contributed by atoms with Crippen molar-refractivity contribution in [2.24, 2.45) is 11.8 Å². The Hall–Kier alpha value is -3.78. The summed E-state index contributed by atoms with van der Waals surface area (Å²) in [5, 5.41) is 9.67. The summed E-state index contributed by atoms with van der Waals surface area (Å²) in [7, 11) is 1.48. The number of carbonyl (C=O) groups excluding carboxylic acids is 1. The van der Waals surface area contributed by atoms with E-state index >= 15 is 4.39 Å². The van der Waals surface area contributed by atoms with Crippen LogP contribution in [0.5, 0.6) is 11.6 Å². The second-order valence-corrected chi connectivity index (χ2v) is 11.8. The van der Waals surface area contributed by atoms with Gasteiger partial charge in [-0.1, -0.05) is 25.1 Å². The summed E-state index contributed by atoms with van der Waals surface area (Å²) in [5.41, 5.74) is 3.66. The standard InChI is InChI=1S/C34H41FN2O5/c1-19(2)37(20(3)4)18-25-15-27(21(5)13-28(25)29-16-31(41-7)36-17-30(29)35)34(40)42-26-10-8-9-24(14-26)32(23-11-12-23)22(6)33(38)39/h8-10,13-17,19-20,22-23,32H,11-12,18H2,1-7H3,(H,38,39)/t22-,32-/m0/s1. The highest BCUT2D eigenvalue weighted by molar-refractivity contribution is 5.94. The average molecular weight is 577 g/mol. The molecule has 1 heterocycles. The smallest absolute Gasteiger partial charge is 0.343 e. The molecule has 7 nitrogen and oxygen atoms in total. The quantitative estimate of drug-likeness (QED) is 0.179. The molecular weight excluding hydrogens is 535 g/mol. The van der Waals surface area contributed by atoms with Crippen LogP contribution >= 0.6 is 0 Å². The molecule has 2 aromatic carbocycles. The van der Waals surface area contributed by atoms with Gasteiger partial charge in [-0.05, 0) is 99.7 Å². The molecule has 1 N–H and O–H groups in total. The molecule has 2 atom stereocenters. The lowest BCUT2D eigenvalue weighted by Gasteiger charge is -2.31. The van der Waals surface area contributed by atoms with Crippen LogP contribution in [0.3, 0.4) is 0 Å². The van der Waals surface area contributed by atoms with Crippen LogP contribution < -0.4 is 9.47 Å². The van der Waals surface area contributed by atoms with Crippen LogP contribution in [0, 0.1) is 24.6 Å². The number of carboxylic acid groups (broad SMARTS) is 1. The number of esters is 1. The molecule has 1 aromatic heterocycles. The van der Waals surface area contributed by atoms with Crippen LogP contribution in [0.2, 0.25) is 0 Å². The van der Waals surface area contributed by atoms with E-state index < -0.39 is 23.7 Å². The summed E-state index contributed by atoms with van der Waals surface area (Å²) in [6.07, 6.45) is 3.13. The third kappa shape index (κ3) is 6.98. The molecular formula is C34H41FN2O5. The maximum Gasteiger partial charge on any atom is 0.343 e. The van der Waals surface area contributed by atoms with Crippen LogP contribution in [0.1, 0.15) is 80.4 Å². The number of aromatic nitrogens is 1. The number of rotatable bonds is 12. The zero-order valence-electron chi connectivity index (χ0n) is 25.5. The molecule has 42 heavy (non-hydrogen) atoms. The second kappa shape index (κ2) is 13.0. The van der Waals surface area contributed by atoms with E-state index in [1.54, 1.807) is 44.2 Å². The fraction of sp³-hybridized carbons (Fsp3) is 0.441. The first-order chi connectivity index (χ1) is 19.9. The van der Waals surface area contributed by atoms with E-state index in [9.17, 15) is 14.7 Å². The van der Waals surface area contributed by atoms with Crippen molar-refractivity contribution in [3.63, 3.8) is 0 Å². The number of nitrogens with zero attached hydrogens (tertiary/aromatic N) is 2. The third-order valence-electron chi connectivity index (χ3n) is 8.19. The van der Waals surface area contributed by atoms with Gasteiger partial charge in [0.1, 0.15) is 11.6 Å². The molecule has 0 saturated heterocycles. The average Bonchev–Trinajstić information content (AvgIpc) is 3.77. The Morgan fingerprint density at radius 3 is 2.33 bits per heavy atom. The number of methoxy groups -OCH3 is 1. The normalized spacial score (nSPS) is 14.7. The van der Waals surface area contributed by atoms with E-state index in [1.807, 2.05) is 12.1 Å². The zero-order chi connectivity index (χ0) is 30.7. The summed E-state index contributed by atoms with van der Waals surface area (Å²) in [6, 6.07) is 12.8. The topological polar surface area (TPSA) is 89.0 Å². The van der Waals surface area contributed by atoms with Crippen molar-refractivity contribution in [3.8, 4) is 22.8 Å². The Bertz CT molecular complexity index is 1440. The van der Waals surface area contributed by atoms with Crippen molar-refractivity contribution in [2.75, 3.05) is 7.11 Å². The lowest BCUT2D eigenvalue weighted by atomic mass is 9.83. The summed E-state index contributed by atoms with van der Waals surface area (Å²) in [5.74, 6) is -1.55. The van der Waals surface area contributed by atoms with Crippen LogP contribution in [-0.2, 0) is 11.3 Å². The van der Waals surface area contributed by atoms with Crippen molar-refractivity contribution in [1.82, 2.24) is 9.88 Å². The van der Waals surface area contributed by atoms with Crippen molar-refractivity contribution < 1.29 is 28.6 Å². The number of aliphatic carboxylic acids is 1. The number of hydrogen-bond donors (Lipinski definition) is 1. The van der Waals surface area contributed by atoms with E-state index in [-0.39, 0.29) is 18.0 Å². The number of carboxylic acids is 1. The largest absolute Gasteiger partial charge is 0.481 e. The minimum Gasteiger partial charge on any atom is -0.481 e. The summed E-state index contributed by atoms with van der Waals surface area (Å²) < 4.78 is 26.2. The molecule has 224 valence electrons. The van der Waals surface area contributed by atoms with Gasteiger partial charge in [0.25, 0.3) is 0 Å². The molecule has 1 aliphatic rings. The number of ether oxygens (including phenoxy) is 2. The maximum atomic E-state index is 15.1. The lowest BCUT2D eigenvalue weighted by Crippen LogP contribution is -2.36. The molecule has 0 spiro atoms. The van der Waals surface area contributed by atoms with Gasteiger partial charge in [0.05, 0.1) is 24.8 Å². The first-order valence-electron chi connectivity index (χ1n) is 14.5. The van der Waals surface area contributed by atoms with Crippen molar-refractivity contribution >= 4 is 11.9 Å². The first kappa shape index (κ1) is 31.2. The van der Waals surface area contributed by atoms with E-state index in [4.69, 9.17) is 9.47 Å². The number of pyridine rings is 1. The minimum atomic E-state index is -0.836. The highest BCUT2D eigenvalue weighted by Crippen LogP contribution is 2.47. The Kier molecular flexibility index (Phi) is 9.67. The number of halogens is 1. The van der Waals surface area contributed by atoms with Crippen molar-refractivity contribution in [2.45, 2.75) is 78.9 Å². The van der Waals surface area contributed by atoms with Gasteiger partial charge < -0.3 is 14.6 Å². The van der Waals surface area contributed by atoms with Gasteiger partial charge >= 0.3 is 11.9 Å².